The first-order valence-electron chi connectivity index (χ1n) is 10.3. The van der Waals surface area contributed by atoms with Crippen LogP contribution < -0.4 is 15.8 Å². The van der Waals surface area contributed by atoms with Crippen molar-refractivity contribution in [2.24, 2.45) is 10.7 Å². The molecule has 0 radical (unpaired) electrons. The van der Waals surface area contributed by atoms with Gasteiger partial charge in [-0.2, -0.15) is 5.26 Å². The number of hydrogen-bond acceptors (Lipinski definition) is 7. The van der Waals surface area contributed by atoms with Crippen molar-refractivity contribution in [2.45, 2.75) is 37.0 Å². The second kappa shape index (κ2) is 8.13. The standard InChI is InChI=1S/C21H23ClFN7O2S/c1-20(11-33(32)21(2,19(25)30-20)6-3-7-27-33)17-14(23)4-5-15(28-17)29-18(31)16-13(22)8-12(9-24)10-26-16/h4-5,8,10,33H,3,6-7,11H2,1-2H3,(H2,25,30)(H,27,32)(H,28,29,31)/t20-,21-/m0/s1. The van der Waals surface area contributed by atoms with Crippen molar-refractivity contribution >= 4 is 39.3 Å². The first-order valence-corrected chi connectivity index (χ1v) is 12.5. The molecule has 2 aliphatic rings. The van der Waals surface area contributed by atoms with Crippen molar-refractivity contribution in [1.82, 2.24) is 14.7 Å². The smallest absolute Gasteiger partial charge is 0.276 e. The number of nitriles is 1. The Balaban J connectivity index is 1.69. The first kappa shape index (κ1) is 23.2. The quantitative estimate of drug-likeness (QED) is 0.483. The second-order valence-corrected chi connectivity index (χ2v) is 12.1. The molecule has 2 aromatic rings. The number of nitrogens with two attached hydrogens (primary N) is 1. The predicted octanol–water partition coefficient (Wildman–Crippen LogP) is 2.05. The molecule has 1 fully saturated rings. The summed E-state index contributed by atoms with van der Waals surface area (Å²) < 4.78 is 31.1. The third-order valence-electron chi connectivity index (χ3n) is 6.24. The highest BCUT2D eigenvalue weighted by molar-refractivity contribution is 8.03. The number of halogens is 2. The zero-order valence-corrected chi connectivity index (χ0v) is 19.7. The maximum atomic E-state index is 14.9. The number of nitrogens with zero attached hydrogens (tertiary/aromatic N) is 4. The largest absolute Gasteiger partial charge is 0.386 e. The van der Waals surface area contributed by atoms with Crippen LogP contribution in [0.2, 0.25) is 5.02 Å². The normalized spacial score (nSPS) is 26.9. The van der Waals surface area contributed by atoms with E-state index in [9.17, 15) is 13.4 Å². The summed E-state index contributed by atoms with van der Waals surface area (Å²) in [5, 5.41) is 11.4. The Morgan fingerprint density at radius 2 is 2.18 bits per heavy atom. The SMILES string of the molecule is C[C@@]12CCCN[SH]1(=O)C[C@@](C)(c1nc(NC(=O)c3ncc(C#N)cc3Cl)ccc1F)N=C2N. The van der Waals surface area contributed by atoms with Gasteiger partial charge in [-0.15, -0.1) is 0 Å². The molecule has 33 heavy (non-hydrogen) atoms. The molecule has 0 aromatic carbocycles. The van der Waals surface area contributed by atoms with Crippen LogP contribution in [0.5, 0.6) is 0 Å². The van der Waals surface area contributed by atoms with E-state index in [2.05, 4.69) is 25.0 Å². The molecule has 0 bridgehead atoms. The van der Waals surface area contributed by atoms with Crippen LogP contribution in [0, 0.1) is 17.1 Å². The molecule has 4 heterocycles. The zero-order chi connectivity index (χ0) is 24.0. The molecule has 2 aliphatic heterocycles. The maximum absolute atomic E-state index is 14.9. The Hall–Kier alpha value is -2.94. The van der Waals surface area contributed by atoms with Gasteiger partial charge in [0.25, 0.3) is 5.91 Å². The van der Waals surface area contributed by atoms with Gasteiger partial charge in [-0.1, -0.05) is 11.6 Å². The molecule has 9 nitrogen and oxygen atoms in total. The van der Waals surface area contributed by atoms with E-state index in [1.165, 1.54) is 18.3 Å². The Kier molecular flexibility index (Phi) is 5.72. The molecular formula is C21H23ClFN7O2S. The monoisotopic (exact) mass is 491 g/mol. The molecule has 0 spiro atoms. The third kappa shape index (κ3) is 3.88. The van der Waals surface area contributed by atoms with Crippen LogP contribution in [-0.2, 0) is 15.7 Å². The molecular weight excluding hydrogens is 469 g/mol. The minimum absolute atomic E-state index is 0.00810. The summed E-state index contributed by atoms with van der Waals surface area (Å²) in [4.78, 5) is 25.4. The average molecular weight is 492 g/mol. The highest BCUT2D eigenvalue weighted by atomic mass is 35.5. The van der Waals surface area contributed by atoms with E-state index in [0.717, 1.165) is 12.5 Å². The molecule has 4 N–H and O–H groups in total. The molecule has 2 aromatic heterocycles. The van der Waals surface area contributed by atoms with E-state index in [1.54, 1.807) is 6.92 Å². The van der Waals surface area contributed by atoms with Crippen molar-refractivity contribution in [2.75, 3.05) is 17.6 Å². The number of nitrogens with one attached hydrogen (secondary N) is 2. The fourth-order valence-corrected chi connectivity index (χ4v) is 7.91. The summed E-state index contributed by atoms with van der Waals surface area (Å²) in [6.45, 7) is 4.04. The first-order chi connectivity index (χ1) is 15.5. The average Bonchev–Trinajstić information content (AvgIpc) is 2.76. The number of rotatable bonds is 3. The van der Waals surface area contributed by atoms with Gasteiger partial charge in [0.1, 0.15) is 40.5 Å². The van der Waals surface area contributed by atoms with Gasteiger partial charge in [0, 0.05) is 18.5 Å². The van der Waals surface area contributed by atoms with E-state index in [0.29, 0.717) is 13.0 Å². The van der Waals surface area contributed by atoms with Gasteiger partial charge in [-0.05, 0) is 55.0 Å². The van der Waals surface area contributed by atoms with E-state index in [4.69, 9.17) is 22.6 Å². The summed E-state index contributed by atoms with van der Waals surface area (Å²) in [7, 11) is -3.05. The minimum atomic E-state index is -3.05. The fraction of sp³-hybridized carbons (Fsp3) is 0.381. The second-order valence-electron chi connectivity index (χ2n) is 8.60. The lowest BCUT2D eigenvalue weighted by molar-refractivity contribution is 0.102. The van der Waals surface area contributed by atoms with Gasteiger partial charge in [-0.25, -0.2) is 14.4 Å². The number of anilines is 1. The Morgan fingerprint density at radius 1 is 1.42 bits per heavy atom. The lowest BCUT2D eigenvalue weighted by Gasteiger charge is -2.52. The third-order valence-corrected chi connectivity index (χ3v) is 10.4. The summed E-state index contributed by atoms with van der Waals surface area (Å²) in [6, 6.07) is 5.65. The van der Waals surface area contributed by atoms with Crippen molar-refractivity contribution in [1.29, 1.82) is 5.26 Å². The molecule has 1 amide bonds. The molecule has 0 aliphatic carbocycles. The molecule has 12 heteroatoms. The Morgan fingerprint density at radius 3 is 2.88 bits per heavy atom. The minimum Gasteiger partial charge on any atom is -0.386 e. The van der Waals surface area contributed by atoms with Crippen LogP contribution in [0.4, 0.5) is 10.2 Å². The molecule has 0 unspecified atom stereocenters. The number of aliphatic imine (C=N–C) groups is 1. The van der Waals surface area contributed by atoms with Crippen LogP contribution in [0.1, 0.15) is 48.4 Å². The van der Waals surface area contributed by atoms with Crippen LogP contribution in [0.15, 0.2) is 29.4 Å². The van der Waals surface area contributed by atoms with E-state index < -0.39 is 32.1 Å². The molecule has 0 saturated carbocycles. The molecule has 2 atom stereocenters. The van der Waals surface area contributed by atoms with Crippen LogP contribution in [0.25, 0.3) is 0 Å². The lowest BCUT2D eigenvalue weighted by Crippen LogP contribution is -2.67. The van der Waals surface area contributed by atoms with E-state index in [-0.39, 0.29) is 39.4 Å². The molecule has 174 valence electrons. The topological polar surface area (TPSA) is 146 Å². The van der Waals surface area contributed by atoms with E-state index in [1.807, 2.05) is 13.0 Å². The van der Waals surface area contributed by atoms with Gasteiger partial charge in [0.05, 0.1) is 15.3 Å². The Labute approximate surface area is 196 Å². The van der Waals surface area contributed by atoms with Crippen LogP contribution in [-0.4, -0.2) is 43.0 Å². The summed E-state index contributed by atoms with van der Waals surface area (Å²) >= 11 is 6.05. The number of thiol groups is 1. The van der Waals surface area contributed by atoms with Crippen molar-refractivity contribution in [3.8, 4) is 6.07 Å². The number of aromatic nitrogens is 2. The molecule has 1 saturated heterocycles. The predicted molar refractivity (Wildman–Crippen MR) is 125 cm³/mol. The van der Waals surface area contributed by atoms with Gasteiger partial charge >= 0.3 is 0 Å². The number of fused-ring (bicyclic) bond motifs is 1. The van der Waals surface area contributed by atoms with Crippen molar-refractivity contribution in [3.05, 3.63) is 52.2 Å². The number of amidine groups is 1. The summed E-state index contributed by atoms with van der Waals surface area (Å²) in [5.41, 5.74) is 5.00. The highest BCUT2D eigenvalue weighted by Gasteiger charge is 2.53. The lowest BCUT2D eigenvalue weighted by atomic mass is 9.96. The Bertz CT molecular complexity index is 1280. The van der Waals surface area contributed by atoms with Crippen molar-refractivity contribution in [3.63, 3.8) is 0 Å². The maximum Gasteiger partial charge on any atom is 0.276 e. The number of carbonyl (C=O) groups excluding carboxylic acids is 1. The fourth-order valence-electron chi connectivity index (χ4n) is 4.31. The van der Waals surface area contributed by atoms with E-state index >= 15 is 0 Å². The van der Waals surface area contributed by atoms with Gasteiger partial charge in [0.15, 0.2) is 0 Å². The number of pyridine rings is 2. The van der Waals surface area contributed by atoms with Gasteiger partial charge in [0.2, 0.25) is 0 Å². The van der Waals surface area contributed by atoms with Crippen molar-refractivity contribution < 1.29 is 13.4 Å². The van der Waals surface area contributed by atoms with Crippen LogP contribution in [0.3, 0.4) is 0 Å². The van der Waals surface area contributed by atoms with Gasteiger partial charge < -0.3 is 11.1 Å². The number of hydrogen-bond donors (Lipinski definition) is 4. The summed E-state index contributed by atoms with van der Waals surface area (Å²) in [5.74, 6) is -1.05. The number of carbonyl (C=O) groups is 1. The zero-order valence-electron chi connectivity index (χ0n) is 18.0. The summed E-state index contributed by atoms with van der Waals surface area (Å²) in [6.07, 6.45) is 2.66. The molecule has 4 rings (SSSR count). The van der Waals surface area contributed by atoms with Gasteiger partial charge in [-0.3, -0.25) is 18.7 Å². The van der Waals surface area contributed by atoms with Crippen LogP contribution >= 0.6 is 11.6 Å². The number of amides is 1. The highest BCUT2D eigenvalue weighted by Crippen LogP contribution is 2.43.